The second-order valence-electron chi connectivity index (χ2n) is 3.78. The molecule has 0 fully saturated rings. The van der Waals surface area contributed by atoms with Crippen molar-refractivity contribution in [3.63, 3.8) is 0 Å². The summed E-state index contributed by atoms with van der Waals surface area (Å²) in [5, 5.41) is 0. The summed E-state index contributed by atoms with van der Waals surface area (Å²) >= 11 is 0. The molecule has 2 unspecified atom stereocenters. The second-order valence-corrected chi connectivity index (χ2v) is 6.47. The Kier molecular flexibility index (Phi) is 6.93. The van der Waals surface area contributed by atoms with Crippen molar-refractivity contribution in [3.05, 3.63) is 35.9 Å². The van der Waals surface area contributed by atoms with Gasteiger partial charge in [-0.15, -0.1) is 0 Å². The average Bonchev–Trinajstić information content (AvgIpc) is 2.27. The van der Waals surface area contributed by atoms with E-state index in [1.165, 1.54) is 0 Å². The molecule has 0 heterocycles. The van der Waals surface area contributed by atoms with Crippen LogP contribution in [0, 0.1) is 0 Å². The number of hydrogen-bond donors (Lipinski definition) is 2. The van der Waals surface area contributed by atoms with Crippen molar-refractivity contribution in [2.45, 2.75) is 25.5 Å². The minimum atomic E-state index is -3.06. The highest BCUT2D eigenvalue weighted by Gasteiger charge is 2.28. The summed E-state index contributed by atoms with van der Waals surface area (Å²) < 4.78 is 11.8. The fourth-order valence-corrected chi connectivity index (χ4v) is 2.92. The minimum Gasteiger partial charge on any atom is -1.00 e. The smallest absolute Gasteiger partial charge is 0.256 e. The van der Waals surface area contributed by atoms with Gasteiger partial charge in [0, 0.05) is 12.6 Å². The van der Waals surface area contributed by atoms with Gasteiger partial charge in [-0.3, -0.25) is 4.57 Å². The first-order valence-corrected chi connectivity index (χ1v) is 7.16. The van der Waals surface area contributed by atoms with E-state index >= 15 is 0 Å². The summed E-state index contributed by atoms with van der Waals surface area (Å²) in [5.41, 5.74) is 4.83. The molecule has 0 aliphatic rings. The summed E-state index contributed by atoms with van der Waals surface area (Å²) in [7, 11) is -3.06. The molecule has 0 aliphatic heterocycles. The predicted octanol–water partition coefficient (Wildman–Crippen LogP) is -1.52. The van der Waals surface area contributed by atoms with Gasteiger partial charge in [-0.05, 0) is 12.0 Å². The Morgan fingerprint density at radius 3 is 2.44 bits per heavy atom. The molecule has 0 amide bonds. The van der Waals surface area contributed by atoms with E-state index in [-0.39, 0.29) is 18.2 Å². The second kappa shape index (κ2) is 7.08. The highest BCUT2D eigenvalue weighted by atomic mass is 35.5. The van der Waals surface area contributed by atoms with Crippen molar-refractivity contribution in [1.82, 2.24) is 0 Å². The van der Waals surface area contributed by atoms with Crippen molar-refractivity contribution < 1.29 is 27.6 Å². The van der Waals surface area contributed by atoms with E-state index < -0.39 is 7.37 Å². The number of benzene rings is 1. The number of rotatable bonds is 5. The van der Waals surface area contributed by atoms with Crippen LogP contribution in [0.3, 0.4) is 0 Å². The molecular formula is C11H19ClNO2P. The molecule has 3 nitrogen and oxygen atoms in total. The van der Waals surface area contributed by atoms with Crippen LogP contribution >= 0.6 is 7.37 Å². The summed E-state index contributed by atoms with van der Waals surface area (Å²) in [6, 6.07) is 9.78. The summed E-state index contributed by atoms with van der Waals surface area (Å²) in [5.74, 6) is -0.332. The number of aryl methyl sites for hydroxylation is 1. The fraction of sp³-hybridized carbons (Fsp3) is 0.455. The number of halogens is 1. The Morgan fingerprint density at radius 1 is 1.38 bits per heavy atom. The molecule has 16 heavy (non-hydrogen) atoms. The van der Waals surface area contributed by atoms with E-state index in [2.05, 4.69) is 5.73 Å². The molecule has 0 saturated carbocycles. The van der Waals surface area contributed by atoms with Crippen molar-refractivity contribution >= 4 is 7.37 Å². The SMILES string of the molecule is CCC([NH3+])P(=O)(O)CCc1ccccc1.[Cl-]. The maximum Gasteiger partial charge on any atom is 0.256 e. The highest BCUT2D eigenvalue weighted by molar-refractivity contribution is 7.58. The van der Waals surface area contributed by atoms with Crippen LogP contribution in [-0.4, -0.2) is 16.8 Å². The van der Waals surface area contributed by atoms with Crippen molar-refractivity contribution in [2.24, 2.45) is 0 Å². The summed E-state index contributed by atoms with van der Waals surface area (Å²) in [6.45, 7) is 1.89. The molecule has 0 aliphatic carbocycles. The van der Waals surface area contributed by atoms with E-state index in [1.54, 1.807) is 0 Å². The van der Waals surface area contributed by atoms with Gasteiger partial charge in [-0.2, -0.15) is 0 Å². The monoisotopic (exact) mass is 263 g/mol. The lowest BCUT2D eigenvalue weighted by Crippen LogP contribution is -3.00. The van der Waals surface area contributed by atoms with Gasteiger partial charge < -0.3 is 23.0 Å². The molecule has 1 aromatic carbocycles. The maximum atomic E-state index is 11.8. The van der Waals surface area contributed by atoms with Crippen molar-refractivity contribution in [1.29, 1.82) is 0 Å². The molecule has 5 heteroatoms. The molecule has 0 saturated heterocycles. The zero-order valence-electron chi connectivity index (χ0n) is 9.47. The van der Waals surface area contributed by atoms with Gasteiger partial charge >= 0.3 is 0 Å². The molecule has 0 spiro atoms. The van der Waals surface area contributed by atoms with Gasteiger partial charge in [0.2, 0.25) is 0 Å². The highest BCUT2D eigenvalue weighted by Crippen LogP contribution is 2.44. The van der Waals surface area contributed by atoms with Crippen LogP contribution in [0.25, 0.3) is 0 Å². The first kappa shape index (κ1) is 15.7. The van der Waals surface area contributed by atoms with E-state index in [9.17, 15) is 9.46 Å². The summed E-state index contributed by atoms with van der Waals surface area (Å²) in [6.07, 6.45) is 1.64. The third kappa shape index (κ3) is 4.67. The van der Waals surface area contributed by atoms with Gasteiger partial charge in [0.1, 0.15) is 0 Å². The van der Waals surface area contributed by atoms with Crippen LogP contribution in [0.1, 0.15) is 18.9 Å². The molecule has 1 aromatic rings. The summed E-state index contributed by atoms with van der Waals surface area (Å²) in [4.78, 5) is 9.74. The molecule has 0 aromatic heterocycles. The molecule has 0 radical (unpaired) electrons. The molecule has 1 rings (SSSR count). The number of hydrogen-bond acceptors (Lipinski definition) is 1. The standard InChI is InChI=1S/C11H18NO2P.ClH/c1-2-11(12)15(13,14)9-8-10-6-4-3-5-7-10;/h3-7,11H,2,8-9,12H2,1H3,(H,13,14);1H. The predicted molar refractivity (Wildman–Crippen MR) is 61.8 cm³/mol. The van der Waals surface area contributed by atoms with Crippen LogP contribution in [0.4, 0.5) is 0 Å². The van der Waals surface area contributed by atoms with Crippen LogP contribution in [0.5, 0.6) is 0 Å². The Labute approximate surface area is 103 Å². The Balaban J connectivity index is 0.00000225. The van der Waals surface area contributed by atoms with Gasteiger partial charge in [-0.25, -0.2) is 0 Å². The van der Waals surface area contributed by atoms with Crippen LogP contribution < -0.4 is 18.1 Å². The normalized spacial score (nSPS) is 15.9. The Bertz CT molecular complexity index is 345. The van der Waals surface area contributed by atoms with Gasteiger partial charge in [-0.1, -0.05) is 37.3 Å². The molecule has 2 atom stereocenters. The zero-order valence-corrected chi connectivity index (χ0v) is 11.1. The Morgan fingerprint density at radius 2 is 1.94 bits per heavy atom. The molecule has 0 bridgehead atoms. The molecule has 4 N–H and O–H groups in total. The van der Waals surface area contributed by atoms with Crippen molar-refractivity contribution in [2.75, 3.05) is 6.16 Å². The van der Waals surface area contributed by atoms with Crippen LogP contribution in [-0.2, 0) is 11.0 Å². The first-order chi connectivity index (χ1) is 7.06. The molecule has 92 valence electrons. The van der Waals surface area contributed by atoms with E-state index in [0.29, 0.717) is 19.0 Å². The van der Waals surface area contributed by atoms with Gasteiger partial charge in [0.25, 0.3) is 7.37 Å². The lowest BCUT2D eigenvalue weighted by molar-refractivity contribution is -0.391. The lowest BCUT2D eigenvalue weighted by Gasteiger charge is -2.14. The number of quaternary nitrogens is 1. The first-order valence-electron chi connectivity index (χ1n) is 5.24. The van der Waals surface area contributed by atoms with Gasteiger partial charge in [0.15, 0.2) is 5.78 Å². The maximum absolute atomic E-state index is 11.8. The lowest BCUT2D eigenvalue weighted by atomic mass is 10.2. The van der Waals surface area contributed by atoms with E-state index in [1.807, 2.05) is 37.3 Å². The third-order valence-electron chi connectivity index (χ3n) is 2.61. The van der Waals surface area contributed by atoms with Crippen molar-refractivity contribution in [3.8, 4) is 0 Å². The quantitative estimate of drug-likeness (QED) is 0.634. The van der Waals surface area contributed by atoms with Crippen LogP contribution in [0.2, 0.25) is 0 Å². The third-order valence-corrected chi connectivity index (χ3v) is 4.98. The minimum absolute atomic E-state index is 0. The Hall–Kier alpha value is -0.340. The van der Waals surface area contributed by atoms with Gasteiger partial charge in [0.05, 0.1) is 0 Å². The van der Waals surface area contributed by atoms with Crippen LogP contribution in [0.15, 0.2) is 30.3 Å². The largest absolute Gasteiger partial charge is 1.00 e. The van der Waals surface area contributed by atoms with E-state index in [0.717, 1.165) is 5.56 Å². The fourth-order valence-electron chi connectivity index (χ4n) is 1.40. The average molecular weight is 264 g/mol. The zero-order chi connectivity index (χ0) is 11.3. The topological polar surface area (TPSA) is 64.9 Å². The van der Waals surface area contributed by atoms with E-state index in [4.69, 9.17) is 0 Å². The molecular weight excluding hydrogens is 245 g/mol.